The molecule has 2 N–H and O–H groups in total. The lowest BCUT2D eigenvalue weighted by Crippen LogP contribution is -2.26. The van der Waals surface area contributed by atoms with E-state index in [0.29, 0.717) is 40.9 Å². The summed E-state index contributed by atoms with van der Waals surface area (Å²) in [6, 6.07) is 11.1. The molecule has 0 amide bonds. The van der Waals surface area contributed by atoms with Crippen LogP contribution in [0.25, 0.3) is 0 Å². The van der Waals surface area contributed by atoms with Gasteiger partial charge in [0.05, 0.1) is 27.9 Å². The second-order valence-electron chi connectivity index (χ2n) is 5.48. The first-order valence-corrected chi connectivity index (χ1v) is 8.52. The molecule has 0 unspecified atom stereocenters. The van der Waals surface area contributed by atoms with Gasteiger partial charge in [0.15, 0.2) is 5.84 Å². The third-order valence-corrected chi connectivity index (χ3v) is 3.91. The van der Waals surface area contributed by atoms with Crippen LogP contribution >= 0.6 is 0 Å². The molecular formula is C20H25N5O3. The van der Waals surface area contributed by atoms with E-state index in [9.17, 15) is 0 Å². The second kappa shape index (κ2) is 10.7. The molecule has 8 heteroatoms. The molecule has 8 nitrogen and oxygen atoms in total. The molecule has 2 aromatic rings. The van der Waals surface area contributed by atoms with Crippen molar-refractivity contribution in [2.24, 2.45) is 15.0 Å². The van der Waals surface area contributed by atoms with Crippen molar-refractivity contribution in [2.45, 2.75) is 6.54 Å². The molecule has 0 fully saturated rings. The van der Waals surface area contributed by atoms with Crippen LogP contribution in [0.15, 0.2) is 51.4 Å². The zero-order valence-corrected chi connectivity index (χ0v) is 16.5. The van der Waals surface area contributed by atoms with Crippen LogP contribution in [0.3, 0.4) is 0 Å². The van der Waals surface area contributed by atoms with E-state index in [-0.39, 0.29) is 0 Å². The highest BCUT2D eigenvalue weighted by atomic mass is 16.5. The van der Waals surface area contributed by atoms with Gasteiger partial charge in [-0.05, 0) is 31.0 Å². The fourth-order valence-corrected chi connectivity index (χ4v) is 2.53. The molecule has 28 heavy (non-hydrogen) atoms. The summed E-state index contributed by atoms with van der Waals surface area (Å²) >= 11 is 0. The van der Waals surface area contributed by atoms with Gasteiger partial charge in [-0.3, -0.25) is 9.98 Å². The minimum atomic E-state index is 0.354. The first kappa shape index (κ1) is 20.9. The maximum Gasteiger partial charge on any atom is 0.158 e. The number of rotatable bonds is 9. The van der Waals surface area contributed by atoms with Crippen LogP contribution in [0, 0.1) is 0 Å². The SMILES string of the molecule is C=Nc1c(OC)cccc1C(N=CNNC)=NCc1ccc(OC)cc1OC. The van der Waals surface area contributed by atoms with E-state index in [2.05, 4.69) is 32.5 Å². The maximum atomic E-state index is 5.45. The number of aliphatic imine (C=N–C) groups is 3. The molecule has 0 aliphatic carbocycles. The molecule has 0 bridgehead atoms. The van der Waals surface area contributed by atoms with Crippen molar-refractivity contribution in [3.05, 3.63) is 47.5 Å². The van der Waals surface area contributed by atoms with Crippen molar-refractivity contribution >= 4 is 24.6 Å². The van der Waals surface area contributed by atoms with Gasteiger partial charge in [0.25, 0.3) is 0 Å². The highest BCUT2D eigenvalue weighted by molar-refractivity contribution is 6.07. The number of nitrogens with zero attached hydrogens (tertiary/aromatic N) is 3. The van der Waals surface area contributed by atoms with E-state index >= 15 is 0 Å². The Kier molecular flexibility index (Phi) is 7.98. The number of hydrogen-bond donors (Lipinski definition) is 2. The fraction of sp³-hybridized carbons (Fsp3) is 0.250. The Balaban J connectivity index is 2.46. The van der Waals surface area contributed by atoms with E-state index in [1.807, 2.05) is 36.4 Å². The first-order chi connectivity index (χ1) is 13.7. The Bertz CT molecular complexity index is 865. The van der Waals surface area contributed by atoms with Crippen LogP contribution in [0.5, 0.6) is 17.2 Å². The molecule has 0 aromatic heterocycles. The summed E-state index contributed by atoms with van der Waals surface area (Å²) in [5.74, 6) is 2.47. The number of hydrogen-bond acceptors (Lipinski definition) is 6. The summed E-state index contributed by atoms with van der Waals surface area (Å²) < 4.78 is 16.1. The van der Waals surface area contributed by atoms with Crippen molar-refractivity contribution in [3.63, 3.8) is 0 Å². The van der Waals surface area contributed by atoms with Crippen LogP contribution in [-0.4, -0.2) is 47.3 Å². The summed E-state index contributed by atoms with van der Waals surface area (Å²) in [6.07, 6.45) is 1.51. The van der Waals surface area contributed by atoms with E-state index in [1.165, 1.54) is 6.34 Å². The normalized spacial score (nSPS) is 11.4. The Morgan fingerprint density at radius 1 is 1.07 bits per heavy atom. The predicted octanol–water partition coefficient (Wildman–Crippen LogP) is 2.74. The Morgan fingerprint density at radius 2 is 1.86 bits per heavy atom. The zero-order chi connectivity index (χ0) is 20.4. The van der Waals surface area contributed by atoms with E-state index in [0.717, 1.165) is 5.56 Å². The molecule has 148 valence electrons. The fourth-order valence-electron chi connectivity index (χ4n) is 2.53. The molecule has 2 rings (SSSR count). The topological polar surface area (TPSA) is 88.8 Å². The molecule has 0 heterocycles. The number of methoxy groups -OCH3 is 3. The van der Waals surface area contributed by atoms with Crippen molar-refractivity contribution < 1.29 is 14.2 Å². The Morgan fingerprint density at radius 3 is 2.50 bits per heavy atom. The number of ether oxygens (including phenoxy) is 3. The van der Waals surface area contributed by atoms with Crippen LogP contribution in [-0.2, 0) is 6.54 Å². The first-order valence-electron chi connectivity index (χ1n) is 8.52. The average molecular weight is 383 g/mol. The smallest absolute Gasteiger partial charge is 0.158 e. The summed E-state index contributed by atoms with van der Waals surface area (Å²) in [5.41, 5.74) is 7.77. The lowest BCUT2D eigenvalue weighted by molar-refractivity contribution is 0.391. The van der Waals surface area contributed by atoms with Gasteiger partial charge in [-0.2, -0.15) is 0 Å². The number of para-hydroxylation sites is 1. The molecule has 0 spiro atoms. The summed E-state index contributed by atoms with van der Waals surface area (Å²) in [4.78, 5) is 13.2. The lowest BCUT2D eigenvalue weighted by Gasteiger charge is -2.11. The predicted molar refractivity (Wildman–Crippen MR) is 113 cm³/mol. The van der Waals surface area contributed by atoms with Gasteiger partial charge in [-0.15, -0.1) is 0 Å². The van der Waals surface area contributed by atoms with Crippen molar-refractivity contribution in [2.75, 3.05) is 28.4 Å². The average Bonchev–Trinajstić information content (AvgIpc) is 2.75. The second-order valence-corrected chi connectivity index (χ2v) is 5.48. The van der Waals surface area contributed by atoms with Crippen LogP contribution in [0.2, 0.25) is 0 Å². The van der Waals surface area contributed by atoms with Gasteiger partial charge in [-0.1, -0.05) is 6.07 Å². The van der Waals surface area contributed by atoms with E-state index in [1.54, 1.807) is 28.4 Å². The highest BCUT2D eigenvalue weighted by Crippen LogP contribution is 2.32. The number of amidine groups is 1. The van der Waals surface area contributed by atoms with Crippen molar-refractivity contribution in [3.8, 4) is 17.2 Å². The molecule has 0 aliphatic rings. The molecule has 0 atom stereocenters. The number of hydrazine groups is 1. The summed E-state index contributed by atoms with van der Waals surface area (Å²) in [6.45, 7) is 4.00. The monoisotopic (exact) mass is 383 g/mol. The molecule has 0 saturated carbocycles. The lowest BCUT2D eigenvalue weighted by atomic mass is 10.1. The number of nitrogens with one attached hydrogen (secondary N) is 2. The van der Waals surface area contributed by atoms with Crippen molar-refractivity contribution in [1.82, 2.24) is 10.9 Å². The van der Waals surface area contributed by atoms with Crippen LogP contribution in [0.4, 0.5) is 5.69 Å². The zero-order valence-electron chi connectivity index (χ0n) is 16.5. The van der Waals surface area contributed by atoms with Gasteiger partial charge in [0.1, 0.15) is 29.3 Å². The molecule has 0 saturated heterocycles. The van der Waals surface area contributed by atoms with Gasteiger partial charge >= 0.3 is 0 Å². The van der Waals surface area contributed by atoms with Gasteiger partial charge in [0.2, 0.25) is 0 Å². The summed E-state index contributed by atoms with van der Waals surface area (Å²) in [5, 5.41) is 0. The maximum absolute atomic E-state index is 5.45. The third-order valence-electron chi connectivity index (χ3n) is 3.91. The van der Waals surface area contributed by atoms with Crippen LogP contribution in [0.1, 0.15) is 11.1 Å². The largest absolute Gasteiger partial charge is 0.497 e. The Hall–Kier alpha value is -3.39. The quantitative estimate of drug-likeness (QED) is 0.395. The molecular weight excluding hydrogens is 358 g/mol. The number of benzene rings is 2. The standard InChI is InChI=1S/C20H25N5O3/c1-21-19-16(7-6-8-17(19)27-4)20(24-13-25-22-2)23-12-14-9-10-15(26-3)11-18(14)28-5/h6-11,13,22H,1,12H2,2-5H3,(H,23,24,25). The highest BCUT2D eigenvalue weighted by Gasteiger charge is 2.13. The van der Waals surface area contributed by atoms with Gasteiger partial charge in [0, 0.05) is 24.2 Å². The Labute approximate surface area is 165 Å². The molecule has 0 aliphatic heterocycles. The molecule has 2 aromatic carbocycles. The third kappa shape index (κ3) is 5.08. The summed E-state index contributed by atoms with van der Waals surface area (Å²) in [7, 11) is 6.55. The minimum absolute atomic E-state index is 0.354. The van der Waals surface area contributed by atoms with Gasteiger partial charge in [-0.25, -0.2) is 10.4 Å². The minimum Gasteiger partial charge on any atom is -0.497 e. The van der Waals surface area contributed by atoms with Crippen molar-refractivity contribution in [1.29, 1.82) is 0 Å². The molecule has 0 radical (unpaired) electrons. The van der Waals surface area contributed by atoms with E-state index in [4.69, 9.17) is 14.2 Å². The van der Waals surface area contributed by atoms with Crippen LogP contribution < -0.4 is 25.1 Å². The van der Waals surface area contributed by atoms with E-state index < -0.39 is 0 Å². The van der Waals surface area contributed by atoms with Gasteiger partial charge < -0.3 is 19.6 Å².